The molecule has 2 aliphatic rings. The maximum absolute atomic E-state index is 13.9. The number of sulfonamides is 1. The quantitative estimate of drug-likeness (QED) is 0.617. The van der Waals surface area contributed by atoms with Gasteiger partial charge in [0.1, 0.15) is 0 Å². The van der Waals surface area contributed by atoms with E-state index in [1.165, 1.54) is 17.0 Å². The second-order valence-corrected chi connectivity index (χ2v) is 10.1. The van der Waals surface area contributed by atoms with E-state index >= 15 is 0 Å². The molecule has 0 radical (unpaired) electrons. The normalized spacial score (nSPS) is 22.6. The van der Waals surface area contributed by atoms with E-state index in [4.69, 9.17) is 0 Å². The third-order valence-electron chi connectivity index (χ3n) is 6.50. The number of likely N-dealkylation sites (N-methyl/N-ethyl adjacent to an activating group) is 1. The number of para-hydroxylation sites is 1. The van der Waals surface area contributed by atoms with Crippen molar-refractivity contribution in [1.82, 2.24) is 4.31 Å². The van der Waals surface area contributed by atoms with Gasteiger partial charge in [-0.1, -0.05) is 66.2 Å². The predicted octanol–water partition coefficient (Wildman–Crippen LogP) is 3.57. The summed E-state index contributed by atoms with van der Waals surface area (Å²) in [6, 6.07) is 22.6. The van der Waals surface area contributed by atoms with Gasteiger partial charge in [-0.25, -0.2) is 12.7 Å². The number of nitrogens with zero attached hydrogens (tertiary/aromatic N) is 2. The number of carbonyl (C=O) groups is 2. The van der Waals surface area contributed by atoms with Crippen LogP contribution in [0.2, 0.25) is 0 Å². The SMILES string of the molecule is Cc1ccc(S(=O)(=O)N2C(=O)C[C@@H](c3ccccc3)[C@]23C(=O)N(C)c2ccccc23)cc1. The van der Waals surface area contributed by atoms with E-state index in [0.717, 1.165) is 15.4 Å². The smallest absolute Gasteiger partial charge is 0.267 e. The highest BCUT2D eigenvalue weighted by Crippen LogP contribution is 2.58. The Bertz CT molecular complexity index is 1340. The summed E-state index contributed by atoms with van der Waals surface area (Å²) < 4.78 is 28.6. The first-order valence-corrected chi connectivity index (χ1v) is 11.8. The Morgan fingerprint density at radius 3 is 2.19 bits per heavy atom. The van der Waals surface area contributed by atoms with Gasteiger partial charge in [-0.2, -0.15) is 0 Å². The Morgan fingerprint density at radius 1 is 0.875 bits per heavy atom. The van der Waals surface area contributed by atoms with Gasteiger partial charge >= 0.3 is 0 Å². The molecule has 32 heavy (non-hydrogen) atoms. The van der Waals surface area contributed by atoms with Crippen molar-refractivity contribution in [2.45, 2.75) is 29.7 Å². The molecule has 0 aromatic heterocycles. The van der Waals surface area contributed by atoms with Crippen molar-refractivity contribution in [1.29, 1.82) is 0 Å². The summed E-state index contributed by atoms with van der Waals surface area (Å²) in [7, 11) is -2.68. The van der Waals surface area contributed by atoms with Crippen LogP contribution in [0, 0.1) is 6.92 Å². The van der Waals surface area contributed by atoms with Gasteiger partial charge in [0.05, 0.1) is 4.90 Å². The highest BCUT2D eigenvalue weighted by atomic mass is 32.2. The molecule has 3 aromatic rings. The summed E-state index contributed by atoms with van der Waals surface area (Å²) in [5, 5.41) is 0. The summed E-state index contributed by atoms with van der Waals surface area (Å²) in [6.07, 6.45) is -0.0803. The Hall–Kier alpha value is -3.45. The van der Waals surface area contributed by atoms with Crippen LogP contribution in [0.25, 0.3) is 0 Å². The van der Waals surface area contributed by atoms with Crippen LogP contribution in [0.3, 0.4) is 0 Å². The largest absolute Gasteiger partial charge is 0.313 e. The molecule has 1 saturated heterocycles. The van der Waals surface area contributed by atoms with Crippen LogP contribution in [0.4, 0.5) is 5.69 Å². The molecule has 0 saturated carbocycles. The Balaban J connectivity index is 1.82. The van der Waals surface area contributed by atoms with Crippen LogP contribution in [-0.4, -0.2) is 31.6 Å². The molecule has 6 nitrogen and oxygen atoms in total. The molecule has 0 unspecified atom stereocenters. The second-order valence-electron chi connectivity index (χ2n) is 8.29. The number of aryl methyl sites for hydroxylation is 1. The maximum Gasteiger partial charge on any atom is 0.267 e. The first-order chi connectivity index (χ1) is 15.3. The molecular weight excluding hydrogens is 424 g/mol. The summed E-state index contributed by atoms with van der Waals surface area (Å²) in [4.78, 5) is 28.8. The zero-order chi connectivity index (χ0) is 22.7. The fraction of sp³-hybridized carbons (Fsp3) is 0.200. The first kappa shape index (κ1) is 20.5. The molecule has 2 atom stereocenters. The standard InChI is InChI=1S/C25H22N2O4S/c1-17-12-14-19(15-13-17)32(30,31)27-23(28)16-21(18-8-4-3-5-9-18)25(27)20-10-6-7-11-22(20)26(2)24(25)29/h3-15,21H,16H2,1-2H3/t21-,25+/m0/s1. The number of rotatable bonds is 3. The third-order valence-corrected chi connectivity index (χ3v) is 8.34. The second kappa shape index (κ2) is 7.03. The minimum atomic E-state index is -4.30. The lowest BCUT2D eigenvalue weighted by Crippen LogP contribution is -2.54. The molecular formula is C25H22N2O4S. The fourth-order valence-electron chi connectivity index (χ4n) is 5.03. The van der Waals surface area contributed by atoms with Crippen LogP contribution in [-0.2, 0) is 25.2 Å². The predicted molar refractivity (Wildman–Crippen MR) is 121 cm³/mol. The van der Waals surface area contributed by atoms with Gasteiger partial charge in [0.25, 0.3) is 15.9 Å². The molecule has 0 N–H and O–H groups in total. The van der Waals surface area contributed by atoms with Crippen LogP contribution in [0.1, 0.15) is 29.0 Å². The molecule has 162 valence electrons. The number of hydrogen-bond donors (Lipinski definition) is 0. The monoisotopic (exact) mass is 446 g/mol. The number of fused-ring (bicyclic) bond motifs is 2. The van der Waals surface area contributed by atoms with Crippen LogP contribution in [0.5, 0.6) is 0 Å². The number of carbonyl (C=O) groups excluding carboxylic acids is 2. The van der Waals surface area contributed by atoms with Crippen LogP contribution < -0.4 is 4.90 Å². The van der Waals surface area contributed by atoms with Crippen molar-refractivity contribution >= 4 is 27.5 Å². The van der Waals surface area contributed by atoms with E-state index in [0.29, 0.717) is 11.3 Å². The average Bonchev–Trinajstić information content (AvgIpc) is 3.23. The molecule has 2 amide bonds. The van der Waals surface area contributed by atoms with E-state index < -0.39 is 33.3 Å². The average molecular weight is 447 g/mol. The molecule has 0 aliphatic carbocycles. The molecule has 1 spiro atoms. The summed E-state index contributed by atoms with van der Waals surface area (Å²) in [5.74, 6) is -1.65. The lowest BCUT2D eigenvalue weighted by atomic mass is 9.76. The maximum atomic E-state index is 13.9. The summed E-state index contributed by atoms with van der Waals surface area (Å²) in [6.45, 7) is 1.86. The Kier molecular flexibility index (Phi) is 4.49. The molecule has 1 fully saturated rings. The molecule has 7 heteroatoms. The van der Waals surface area contributed by atoms with Gasteiger partial charge in [-0.05, 0) is 30.7 Å². The minimum Gasteiger partial charge on any atom is -0.313 e. The minimum absolute atomic E-state index is 0.00984. The lowest BCUT2D eigenvalue weighted by molar-refractivity contribution is -0.133. The van der Waals surface area contributed by atoms with Crippen molar-refractivity contribution in [3.8, 4) is 0 Å². The number of hydrogen-bond acceptors (Lipinski definition) is 4. The third kappa shape index (κ3) is 2.61. The molecule has 5 rings (SSSR count). The Morgan fingerprint density at radius 2 is 1.50 bits per heavy atom. The molecule has 2 heterocycles. The van der Waals surface area contributed by atoms with E-state index in [1.54, 1.807) is 43.4 Å². The first-order valence-electron chi connectivity index (χ1n) is 10.4. The Labute approximate surface area is 187 Å². The van der Waals surface area contributed by atoms with Crippen LogP contribution in [0.15, 0.2) is 83.8 Å². The van der Waals surface area contributed by atoms with Gasteiger partial charge in [0, 0.05) is 30.6 Å². The summed E-state index contributed by atoms with van der Waals surface area (Å²) in [5.41, 5.74) is 1.12. The van der Waals surface area contributed by atoms with Gasteiger partial charge in [-0.3, -0.25) is 9.59 Å². The lowest BCUT2D eigenvalue weighted by Gasteiger charge is -2.37. The topological polar surface area (TPSA) is 74.8 Å². The van der Waals surface area contributed by atoms with Gasteiger partial charge in [-0.15, -0.1) is 0 Å². The molecule has 3 aromatic carbocycles. The van der Waals surface area contributed by atoms with Crippen molar-refractivity contribution in [3.63, 3.8) is 0 Å². The number of amides is 2. The molecule has 0 bridgehead atoms. The van der Waals surface area contributed by atoms with E-state index in [2.05, 4.69) is 0 Å². The number of anilines is 1. The van der Waals surface area contributed by atoms with Crippen molar-refractivity contribution in [3.05, 3.63) is 95.6 Å². The highest BCUT2D eigenvalue weighted by molar-refractivity contribution is 7.89. The van der Waals surface area contributed by atoms with Crippen molar-refractivity contribution in [2.75, 3.05) is 11.9 Å². The van der Waals surface area contributed by atoms with Crippen molar-refractivity contribution < 1.29 is 18.0 Å². The highest BCUT2D eigenvalue weighted by Gasteiger charge is 2.67. The zero-order valence-corrected chi connectivity index (χ0v) is 18.5. The van der Waals surface area contributed by atoms with Crippen LogP contribution >= 0.6 is 0 Å². The fourth-order valence-corrected chi connectivity index (χ4v) is 6.75. The zero-order valence-electron chi connectivity index (χ0n) is 17.7. The van der Waals surface area contributed by atoms with E-state index in [-0.39, 0.29) is 11.3 Å². The summed E-state index contributed by atoms with van der Waals surface area (Å²) >= 11 is 0. The number of benzene rings is 3. The van der Waals surface area contributed by atoms with E-state index in [1.807, 2.05) is 37.3 Å². The van der Waals surface area contributed by atoms with Gasteiger partial charge < -0.3 is 4.90 Å². The molecule has 2 aliphatic heterocycles. The van der Waals surface area contributed by atoms with Crippen molar-refractivity contribution in [2.24, 2.45) is 0 Å². The van der Waals surface area contributed by atoms with Gasteiger partial charge in [0.2, 0.25) is 5.91 Å². The van der Waals surface area contributed by atoms with Gasteiger partial charge in [0.15, 0.2) is 5.54 Å². The van der Waals surface area contributed by atoms with E-state index in [9.17, 15) is 18.0 Å².